The zero-order chi connectivity index (χ0) is 21.7. The molecular formula is C21H24N6O3. The van der Waals surface area contributed by atoms with Gasteiger partial charge in [-0.2, -0.15) is 14.5 Å². The van der Waals surface area contributed by atoms with Crippen LogP contribution in [-0.4, -0.2) is 36.5 Å². The molecule has 9 heteroatoms. The average molecular weight is 408 g/mol. The maximum absolute atomic E-state index is 12.3. The summed E-state index contributed by atoms with van der Waals surface area (Å²) >= 11 is 0. The van der Waals surface area contributed by atoms with Crippen molar-refractivity contribution in [3.63, 3.8) is 0 Å². The first kappa shape index (κ1) is 21.0. The number of phenols is 1. The number of rotatable bonds is 6. The molecule has 0 radical (unpaired) electrons. The molecule has 1 aromatic heterocycles. The van der Waals surface area contributed by atoms with Crippen LogP contribution < -0.4 is 5.69 Å². The molecule has 0 atom stereocenters. The summed E-state index contributed by atoms with van der Waals surface area (Å²) in [5.74, 6) is 0.625. The first-order valence-electron chi connectivity index (χ1n) is 9.52. The van der Waals surface area contributed by atoms with E-state index in [0.29, 0.717) is 23.7 Å². The monoisotopic (exact) mass is 408 g/mol. The van der Waals surface area contributed by atoms with E-state index < -0.39 is 0 Å². The molecule has 0 aliphatic heterocycles. The summed E-state index contributed by atoms with van der Waals surface area (Å²) in [6.07, 6.45) is 0.545. The van der Waals surface area contributed by atoms with Gasteiger partial charge in [0, 0.05) is 24.6 Å². The second kappa shape index (κ2) is 9.17. The lowest BCUT2D eigenvalue weighted by Gasteiger charge is -2.13. The van der Waals surface area contributed by atoms with Crippen molar-refractivity contribution in [2.75, 3.05) is 0 Å². The molecule has 0 bridgehead atoms. The lowest BCUT2D eigenvalue weighted by Crippen LogP contribution is -2.23. The van der Waals surface area contributed by atoms with Gasteiger partial charge in [-0.05, 0) is 48.0 Å². The fraction of sp³-hybridized carbons (Fsp3) is 0.286. The summed E-state index contributed by atoms with van der Waals surface area (Å²) in [6.45, 7) is 5.88. The number of benzene rings is 2. The molecule has 0 saturated carbocycles. The van der Waals surface area contributed by atoms with Crippen molar-refractivity contribution < 1.29 is 9.84 Å². The number of aromatic nitrogens is 4. The smallest absolute Gasteiger partial charge is 0.368 e. The van der Waals surface area contributed by atoms with Crippen LogP contribution in [0, 0.1) is 6.92 Å². The standard InChI is InChI=1S/C21H24N6O3/c1-5-20(23-22-15(3)16-9-7-10-17(28)12-16)30-13-18-14(2)8-6-11-19(18)27-21(29)26(4)24-25-27/h6-12,28H,5,13H2,1-4H3/b22-15+,23-20+. The van der Waals surface area contributed by atoms with Crippen molar-refractivity contribution >= 4 is 11.6 Å². The van der Waals surface area contributed by atoms with Crippen molar-refractivity contribution in [2.45, 2.75) is 33.8 Å². The van der Waals surface area contributed by atoms with Crippen LogP contribution in [0.25, 0.3) is 5.69 Å². The molecule has 2 aromatic carbocycles. The maximum Gasteiger partial charge on any atom is 0.368 e. The first-order chi connectivity index (χ1) is 14.4. The minimum absolute atomic E-state index is 0.171. The number of hydrogen-bond donors (Lipinski definition) is 1. The van der Waals surface area contributed by atoms with Gasteiger partial charge in [0.2, 0.25) is 5.90 Å². The molecule has 3 rings (SSSR count). The third-order valence-electron chi connectivity index (χ3n) is 4.60. The van der Waals surface area contributed by atoms with E-state index in [1.54, 1.807) is 31.3 Å². The van der Waals surface area contributed by atoms with Gasteiger partial charge in [-0.25, -0.2) is 4.79 Å². The topological polar surface area (TPSA) is 107 Å². The second-order valence-corrected chi connectivity index (χ2v) is 6.74. The van der Waals surface area contributed by atoms with E-state index in [2.05, 4.69) is 20.6 Å². The molecule has 0 unspecified atom stereocenters. The SMILES string of the molecule is CC/C(=N\N=C(/C)c1cccc(O)c1)OCc1c(C)cccc1-n1nnn(C)c1=O. The third kappa shape index (κ3) is 4.62. The van der Waals surface area contributed by atoms with Crippen LogP contribution in [0.3, 0.4) is 0 Å². The van der Waals surface area contributed by atoms with Crippen molar-refractivity contribution in [3.05, 3.63) is 69.6 Å². The van der Waals surface area contributed by atoms with Gasteiger partial charge in [0.15, 0.2) is 0 Å². The van der Waals surface area contributed by atoms with Crippen LogP contribution in [0.1, 0.15) is 37.0 Å². The molecule has 1 heterocycles. The number of nitrogens with zero attached hydrogens (tertiary/aromatic N) is 6. The van der Waals surface area contributed by atoms with Gasteiger partial charge < -0.3 is 9.84 Å². The van der Waals surface area contributed by atoms with Gasteiger partial charge >= 0.3 is 5.69 Å². The molecule has 0 spiro atoms. The van der Waals surface area contributed by atoms with Crippen LogP contribution >= 0.6 is 0 Å². The zero-order valence-electron chi connectivity index (χ0n) is 17.4. The van der Waals surface area contributed by atoms with Crippen molar-refractivity contribution in [1.82, 2.24) is 19.8 Å². The lowest BCUT2D eigenvalue weighted by molar-refractivity contribution is 0.282. The van der Waals surface area contributed by atoms with Crippen LogP contribution in [-0.2, 0) is 18.4 Å². The number of ether oxygens (including phenoxy) is 1. The predicted octanol–water partition coefficient (Wildman–Crippen LogP) is 2.73. The normalized spacial score (nSPS) is 12.3. The number of phenolic OH excluding ortho intramolecular Hbond substituents is 1. The van der Waals surface area contributed by atoms with E-state index in [1.807, 2.05) is 39.0 Å². The summed E-state index contributed by atoms with van der Waals surface area (Å²) in [5.41, 5.74) is 3.48. The van der Waals surface area contributed by atoms with Gasteiger partial charge in [0.25, 0.3) is 0 Å². The average Bonchev–Trinajstić information content (AvgIpc) is 3.07. The van der Waals surface area contributed by atoms with Crippen molar-refractivity contribution in [1.29, 1.82) is 0 Å². The van der Waals surface area contributed by atoms with Crippen LogP contribution in [0.2, 0.25) is 0 Å². The van der Waals surface area contributed by atoms with E-state index in [4.69, 9.17) is 4.74 Å². The van der Waals surface area contributed by atoms with E-state index in [0.717, 1.165) is 16.7 Å². The third-order valence-corrected chi connectivity index (χ3v) is 4.60. The molecule has 9 nitrogen and oxygen atoms in total. The molecular weight excluding hydrogens is 384 g/mol. The number of tetrazole rings is 1. The summed E-state index contributed by atoms with van der Waals surface area (Å²) < 4.78 is 8.32. The molecule has 0 amide bonds. The Kier molecular flexibility index (Phi) is 6.41. The molecule has 0 aliphatic rings. The van der Waals surface area contributed by atoms with Crippen molar-refractivity contribution in [2.24, 2.45) is 17.3 Å². The Bertz CT molecular complexity index is 1160. The quantitative estimate of drug-likeness (QED) is 0.383. The van der Waals surface area contributed by atoms with Gasteiger partial charge in [0.1, 0.15) is 12.4 Å². The Balaban J connectivity index is 1.83. The Labute approximate surface area is 173 Å². The fourth-order valence-electron chi connectivity index (χ4n) is 2.81. The largest absolute Gasteiger partial charge is 0.508 e. The highest BCUT2D eigenvalue weighted by molar-refractivity contribution is 5.99. The van der Waals surface area contributed by atoms with Crippen LogP contribution in [0.5, 0.6) is 5.75 Å². The summed E-state index contributed by atoms with van der Waals surface area (Å²) in [4.78, 5) is 12.3. The molecule has 1 N–H and O–H groups in total. The highest BCUT2D eigenvalue weighted by Gasteiger charge is 2.14. The molecule has 0 aliphatic carbocycles. The van der Waals surface area contributed by atoms with Gasteiger partial charge in [-0.1, -0.05) is 31.2 Å². The zero-order valence-corrected chi connectivity index (χ0v) is 17.4. The van der Waals surface area contributed by atoms with Gasteiger partial charge in [-0.3, -0.25) is 0 Å². The van der Waals surface area contributed by atoms with Crippen LogP contribution in [0.4, 0.5) is 0 Å². The Morgan fingerprint density at radius 2 is 1.93 bits per heavy atom. The van der Waals surface area contributed by atoms with Gasteiger partial charge in [0.05, 0.1) is 11.4 Å². The molecule has 156 valence electrons. The van der Waals surface area contributed by atoms with Gasteiger partial charge in [-0.15, -0.1) is 5.10 Å². The summed E-state index contributed by atoms with van der Waals surface area (Å²) in [6, 6.07) is 12.4. The molecule has 3 aromatic rings. The second-order valence-electron chi connectivity index (χ2n) is 6.74. The Morgan fingerprint density at radius 3 is 2.60 bits per heavy atom. The number of hydrogen-bond acceptors (Lipinski definition) is 7. The predicted molar refractivity (Wildman–Crippen MR) is 114 cm³/mol. The van der Waals surface area contributed by atoms with Crippen LogP contribution in [0.15, 0.2) is 57.5 Å². The molecule has 0 fully saturated rings. The Morgan fingerprint density at radius 1 is 1.17 bits per heavy atom. The van der Waals surface area contributed by atoms with E-state index in [9.17, 15) is 9.90 Å². The van der Waals surface area contributed by atoms with E-state index in [-0.39, 0.29) is 18.0 Å². The molecule has 30 heavy (non-hydrogen) atoms. The first-order valence-corrected chi connectivity index (χ1v) is 9.52. The summed E-state index contributed by atoms with van der Waals surface area (Å²) in [7, 11) is 1.55. The fourth-order valence-corrected chi connectivity index (χ4v) is 2.81. The minimum atomic E-state index is -0.336. The molecule has 0 saturated heterocycles. The lowest BCUT2D eigenvalue weighted by atomic mass is 10.1. The van der Waals surface area contributed by atoms with Crippen molar-refractivity contribution in [3.8, 4) is 11.4 Å². The highest BCUT2D eigenvalue weighted by atomic mass is 16.5. The minimum Gasteiger partial charge on any atom is -0.508 e. The maximum atomic E-state index is 12.3. The Hall–Kier alpha value is -3.75. The highest BCUT2D eigenvalue weighted by Crippen LogP contribution is 2.18. The number of aromatic hydroxyl groups is 1. The van der Waals surface area contributed by atoms with E-state index in [1.165, 1.54) is 9.36 Å². The summed E-state index contributed by atoms with van der Waals surface area (Å²) in [5, 5.41) is 25.8. The number of aryl methyl sites for hydroxylation is 2. The van der Waals surface area contributed by atoms with E-state index >= 15 is 0 Å².